The topological polar surface area (TPSA) is 72.9 Å². The molecule has 3 aliphatic rings. The van der Waals surface area contributed by atoms with Crippen molar-refractivity contribution >= 4 is 17.8 Å². The van der Waals surface area contributed by atoms with E-state index in [2.05, 4.69) is 6.58 Å². The molecule has 1 aromatic rings. The third kappa shape index (κ3) is 3.13. The minimum Gasteiger partial charge on any atom is -0.459 e. The fourth-order valence-electron chi connectivity index (χ4n) is 4.43. The lowest BCUT2D eigenvalue weighted by molar-refractivity contribution is -0.178. The van der Waals surface area contributed by atoms with Crippen LogP contribution in [0.3, 0.4) is 0 Å². The van der Waals surface area contributed by atoms with Crippen molar-refractivity contribution in [3.05, 3.63) is 48.0 Å². The Morgan fingerprint density at radius 2 is 2.04 bits per heavy atom. The van der Waals surface area contributed by atoms with Gasteiger partial charge in [0.05, 0.1) is 6.04 Å². The van der Waals surface area contributed by atoms with E-state index in [1.54, 1.807) is 4.90 Å². The zero-order chi connectivity index (χ0) is 19.0. The molecule has 27 heavy (non-hydrogen) atoms. The van der Waals surface area contributed by atoms with Crippen LogP contribution in [0.4, 0.5) is 0 Å². The number of rotatable bonds is 3. The highest BCUT2D eigenvalue weighted by atomic mass is 16.6. The second-order valence-corrected chi connectivity index (χ2v) is 7.57. The quantitative estimate of drug-likeness (QED) is 0.605. The van der Waals surface area contributed by atoms with Crippen molar-refractivity contribution < 1.29 is 23.9 Å². The second kappa shape index (κ2) is 6.83. The van der Waals surface area contributed by atoms with Crippen LogP contribution in [0.25, 0.3) is 0 Å². The summed E-state index contributed by atoms with van der Waals surface area (Å²) >= 11 is 0. The Bertz CT molecular complexity index is 789. The fraction of sp³-hybridized carbons (Fsp3) is 0.476. The van der Waals surface area contributed by atoms with Gasteiger partial charge in [-0.1, -0.05) is 42.5 Å². The maximum absolute atomic E-state index is 13.3. The smallest absolute Gasteiger partial charge is 0.329 e. The third-order valence-electron chi connectivity index (χ3n) is 5.77. The van der Waals surface area contributed by atoms with Crippen LogP contribution in [0, 0.1) is 0 Å². The first-order valence-corrected chi connectivity index (χ1v) is 9.43. The first kappa shape index (κ1) is 17.8. The van der Waals surface area contributed by atoms with Crippen LogP contribution in [0.1, 0.15) is 44.1 Å². The predicted octanol–water partition coefficient (Wildman–Crippen LogP) is 2.52. The summed E-state index contributed by atoms with van der Waals surface area (Å²) in [7, 11) is 0. The molecule has 3 saturated heterocycles. The average Bonchev–Trinajstić information content (AvgIpc) is 3.06. The summed E-state index contributed by atoms with van der Waals surface area (Å²) in [5.74, 6) is -1.05. The van der Waals surface area contributed by atoms with Crippen molar-refractivity contribution in [2.75, 3.05) is 0 Å². The maximum Gasteiger partial charge on any atom is 0.329 e. The van der Waals surface area contributed by atoms with Gasteiger partial charge in [-0.3, -0.25) is 9.59 Å². The lowest BCUT2D eigenvalue weighted by Gasteiger charge is -2.49. The first-order chi connectivity index (χ1) is 13.0. The molecule has 1 unspecified atom stereocenters. The number of hydrogen-bond donors (Lipinski definition) is 0. The molecule has 3 atom stereocenters. The van der Waals surface area contributed by atoms with E-state index in [1.807, 2.05) is 30.3 Å². The number of carbonyl (C=O) groups excluding carboxylic acids is 3. The molecule has 0 aromatic heterocycles. The van der Waals surface area contributed by atoms with Crippen LogP contribution in [0.15, 0.2) is 42.5 Å². The highest BCUT2D eigenvalue weighted by Gasteiger charge is 2.57. The minimum absolute atomic E-state index is 0.171. The van der Waals surface area contributed by atoms with Gasteiger partial charge in [-0.25, -0.2) is 4.79 Å². The number of ether oxygens (including phenoxy) is 2. The van der Waals surface area contributed by atoms with Gasteiger partial charge in [-0.2, -0.15) is 0 Å². The Morgan fingerprint density at radius 1 is 1.26 bits per heavy atom. The van der Waals surface area contributed by atoms with Gasteiger partial charge in [0.2, 0.25) is 0 Å². The number of benzene rings is 1. The number of hydrogen-bond acceptors (Lipinski definition) is 5. The molecule has 0 bridgehead atoms. The highest BCUT2D eigenvalue weighted by Crippen LogP contribution is 2.44. The number of esters is 2. The van der Waals surface area contributed by atoms with Gasteiger partial charge >= 0.3 is 11.9 Å². The number of piperidine rings is 2. The summed E-state index contributed by atoms with van der Waals surface area (Å²) in [6.07, 6.45) is 3.07. The molecule has 6 nitrogen and oxygen atoms in total. The minimum atomic E-state index is -1.18. The van der Waals surface area contributed by atoms with Crippen molar-refractivity contribution in [3.8, 4) is 0 Å². The van der Waals surface area contributed by atoms with E-state index in [0.29, 0.717) is 19.3 Å². The van der Waals surface area contributed by atoms with Crippen LogP contribution < -0.4 is 0 Å². The van der Waals surface area contributed by atoms with Crippen molar-refractivity contribution in [3.63, 3.8) is 0 Å². The molecule has 4 rings (SSSR count). The standard InChI is InChI=1S/C21H23NO5/c1-14-12-21(11-10-18(23)27-21)20(25)22-16(14)8-5-9-17(22)19(24)26-13-15-6-3-2-4-7-15/h2-4,6-7,16-17H,1,5,8-13H2/t16?,17-,21+/m0/s1. The summed E-state index contributed by atoms with van der Waals surface area (Å²) in [4.78, 5) is 39.3. The molecule has 0 radical (unpaired) electrons. The van der Waals surface area contributed by atoms with E-state index < -0.39 is 17.6 Å². The molecule has 3 aliphatic heterocycles. The first-order valence-electron chi connectivity index (χ1n) is 9.43. The molecular formula is C21H23NO5. The van der Waals surface area contributed by atoms with Crippen LogP contribution in [-0.2, 0) is 30.5 Å². The molecule has 0 aliphatic carbocycles. The van der Waals surface area contributed by atoms with Gasteiger partial charge in [0, 0.05) is 19.3 Å². The second-order valence-electron chi connectivity index (χ2n) is 7.57. The van der Waals surface area contributed by atoms with Gasteiger partial charge in [-0.15, -0.1) is 0 Å². The normalized spacial score (nSPS) is 30.2. The molecule has 142 valence electrons. The number of amides is 1. The molecular weight excluding hydrogens is 346 g/mol. The fourth-order valence-corrected chi connectivity index (χ4v) is 4.43. The van der Waals surface area contributed by atoms with Gasteiger partial charge in [-0.05, 0) is 24.8 Å². The number of fused-ring (bicyclic) bond motifs is 1. The van der Waals surface area contributed by atoms with Gasteiger partial charge in [0.25, 0.3) is 5.91 Å². The van der Waals surface area contributed by atoms with Crippen molar-refractivity contribution in [1.82, 2.24) is 4.90 Å². The number of nitrogens with zero attached hydrogens (tertiary/aromatic N) is 1. The molecule has 0 N–H and O–H groups in total. The summed E-state index contributed by atoms with van der Waals surface area (Å²) in [5, 5.41) is 0. The molecule has 3 heterocycles. The van der Waals surface area contributed by atoms with E-state index in [-0.39, 0.29) is 30.9 Å². The van der Waals surface area contributed by atoms with Crippen molar-refractivity contribution in [2.24, 2.45) is 0 Å². The lowest BCUT2D eigenvalue weighted by atomic mass is 9.77. The van der Waals surface area contributed by atoms with Gasteiger partial charge < -0.3 is 14.4 Å². The van der Waals surface area contributed by atoms with Crippen LogP contribution in [0.5, 0.6) is 0 Å². The highest BCUT2D eigenvalue weighted by molar-refractivity contribution is 5.95. The predicted molar refractivity (Wildman–Crippen MR) is 96.3 cm³/mol. The third-order valence-corrected chi connectivity index (χ3v) is 5.77. The molecule has 0 saturated carbocycles. The summed E-state index contributed by atoms with van der Waals surface area (Å²) in [6, 6.07) is 8.60. The van der Waals surface area contributed by atoms with Crippen molar-refractivity contribution in [1.29, 1.82) is 0 Å². The number of carbonyl (C=O) groups is 3. The van der Waals surface area contributed by atoms with Crippen LogP contribution in [0.2, 0.25) is 0 Å². The molecule has 1 amide bonds. The van der Waals surface area contributed by atoms with Gasteiger partial charge in [0.15, 0.2) is 5.60 Å². The summed E-state index contributed by atoms with van der Waals surface area (Å²) in [6.45, 7) is 4.30. The van der Waals surface area contributed by atoms with Gasteiger partial charge in [0.1, 0.15) is 12.6 Å². The summed E-state index contributed by atoms with van der Waals surface area (Å²) in [5.41, 5.74) is 0.568. The van der Waals surface area contributed by atoms with E-state index in [4.69, 9.17) is 9.47 Å². The molecule has 1 spiro atoms. The Hall–Kier alpha value is -2.63. The maximum atomic E-state index is 13.3. The molecule has 3 fully saturated rings. The Balaban J connectivity index is 1.54. The van der Waals surface area contributed by atoms with Crippen LogP contribution >= 0.6 is 0 Å². The largest absolute Gasteiger partial charge is 0.459 e. The Kier molecular flexibility index (Phi) is 4.50. The SMILES string of the molecule is C=C1C[C@]2(CCC(=O)O2)C(=O)N2C1CCC[C@H]2C(=O)OCc1ccccc1. The zero-order valence-corrected chi connectivity index (χ0v) is 15.2. The lowest BCUT2D eigenvalue weighted by Crippen LogP contribution is -2.64. The molecule has 1 aromatic carbocycles. The average molecular weight is 369 g/mol. The zero-order valence-electron chi connectivity index (χ0n) is 15.2. The van der Waals surface area contributed by atoms with Crippen LogP contribution in [-0.4, -0.2) is 40.4 Å². The monoisotopic (exact) mass is 369 g/mol. The van der Waals surface area contributed by atoms with E-state index in [9.17, 15) is 14.4 Å². The van der Waals surface area contributed by atoms with E-state index >= 15 is 0 Å². The Morgan fingerprint density at radius 3 is 2.74 bits per heavy atom. The van der Waals surface area contributed by atoms with Crippen molar-refractivity contribution in [2.45, 2.75) is 62.8 Å². The molecule has 6 heteroatoms. The summed E-state index contributed by atoms with van der Waals surface area (Å²) < 4.78 is 10.9. The van der Waals surface area contributed by atoms with E-state index in [1.165, 1.54) is 0 Å². The van der Waals surface area contributed by atoms with E-state index in [0.717, 1.165) is 24.0 Å². The Labute approximate surface area is 158 Å².